The molecule has 0 amide bonds. The van der Waals surface area contributed by atoms with E-state index in [1.165, 1.54) is 12.1 Å². The van der Waals surface area contributed by atoms with Gasteiger partial charge in [0, 0.05) is 10.9 Å². The Hall–Kier alpha value is -2.75. The molecule has 3 aromatic carbocycles. The fourth-order valence-electron chi connectivity index (χ4n) is 3.25. The van der Waals surface area contributed by atoms with Gasteiger partial charge in [-0.3, -0.25) is 0 Å². The van der Waals surface area contributed by atoms with Crippen LogP contribution >= 0.6 is 0 Å². The summed E-state index contributed by atoms with van der Waals surface area (Å²) in [6.07, 6.45) is -1.22. The van der Waals surface area contributed by atoms with Crippen molar-refractivity contribution in [2.45, 2.75) is 18.7 Å². The number of hydrogen-bond acceptors (Lipinski definition) is 1. The van der Waals surface area contributed by atoms with E-state index in [1.807, 2.05) is 37.3 Å². The summed E-state index contributed by atoms with van der Waals surface area (Å²) >= 11 is 0. The van der Waals surface area contributed by atoms with Crippen molar-refractivity contribution in [3.63, 3.8) is 0 Å². The molecule has 126 valence electrons. The minimum atomic E-state index is -4.44. The van der Waals surface area contributed by atoms with Crippen LogP contribution in [-0.2, 0) is 11.8 Å². The summed E-state index contributed by atoms with van der Waals surface area (Å²) in [5.74, 6) is 0.277. The fourth-order valence-corrected chi connectivity index (χ4v) is 3.25. The first-order chi connectivity index (χ1) is 11.9. The minimum Gasteiger partial charge on any atom is -0.477 e. The highest BCUT2D eigenvalue weighted by molar-refractivity contribution is 5.94. The van der Waals surface area contributed by atoms with E-state index in [4.69, 9.17) is 4.74 Å². The van der Waals surface area contributed by atoms with Gasteiger partial charge in [0.25, 0.3) is 0 Å². The Labute approximate surface area is 143 Å². The highest BCUT2D eigenvalue weighted by atomic mass is 19.4. The summed E-state index contributed by atoms with van der Waals surface area (Å²) in [5, 5.41) is 1.19. The second kappa shape index (κ2) is 5.38. The van der Waals surface area contributed by atoms with Gasteiger partial charge in [0.15, 0.2) is 0 Å². The van der Waals surface area contributed by atoms with Crippen molar-refractivity contribution in [3.05, 3.63) is 83.4 Å². The highest BCUT2D eigenvalue weighted by Crippen LogP contribution is 2.46. The molecule has 1 atom stereocenters. The molecule has 0 spiro atoms. The first-order valence-electron chi connectivity index (χ1n) is 7.95. The molecule has 1 nitrogen and oxygen atoms in total. The molecular weight excluding hydrogens is 325 g/mol. The third-order valence-corrected chi connectivity index (χ3v) is 4.57. The lowest BCUT2D eigenvalue weighted by Gasteiger charge is -2.34. The number of fused-ring (bicyclic) bond motifs is 3. The van der Waals surface area contributed by atoms with Crippen LogP contribution in [0.15, 0.2) is 66.7 Å². The summed E-state index contributed by atoms with van der Waals surface area (Å²) in [5.41, 5.74) is -0.521. The smallest absolute Gasteiger partial charge is 0.417 e. The van der Waals surface area contributed by atoms with E-state index in [0.717, 1.165) is 5.56 Å². The maximum Gasteiger partial charge on any atom is 0.417 e. The van der Waals surface area contributed by atoms with Crippen LogP contribution in [0.1, 0.15) is 23.6 Å². The molecule has 0 aliphatic carbocycles. The molecule has 3 aromatic rings. The lowest BCUT2D eigenvalue weighted by atomic mass is 9.89. The Balaban J connectivity index is 1.97. The van der Waals surface area contributed by atoms with Gasteiger partial charge in [-0.2, -0.15) is 13.2 Å². The van der Waals surface area contributed by atoms with Crippen LogP contribution in [0.4, 0.5) is 13.2 Å². The summed E-state index contributed by atoms with van der Waals surface area (Å²) in [6.45, 7) is 1.86. The zero-order chi connectivity index (χ0) is 17.7. The van der Waals surface area contributed by atoms with Crippen molar-refractivity contribution in [1.82, 2.24) is 0 Å². The topological polar surface area (TPSA) is 9.23 Å². The summed E-state index contributed by atoms with van der Waals surface area (Å²) < 4.78 is 46.8. The number of alkyl halides is 3. The van der Waals surface area contributed by atoms with Crippen LogP contribution in [0.2, 0.25) is 0 Å². The monoisotopic (exact) mass is 340 g/mol. The van der Waals surface area contributed by atoms with E-state index >= 15 is 0 Å². The normalized spacial score (nSPS) is 19.5. The van der Waals surface area contributed by atoms with Crippen molar-refractivity contribution in [3.8, 4) is 5.75 Å². The molecule has 4 rings (SSSR count). The van der Waals surface area contributed by atoms with Crippen LogP contribution < -0.4 is 4.74 Å². The minimum absolute atomic E-state index is 0.0830. The lowest BCUT2D eigenvalue weighted by Crippen LogP contribution is -2.30. The molecule has 1 unspecified atom stereocenters. The van der Waals surface area contributed by atoms with Gasteiger partial charge >= 0.3 is 6.18 Å². The molecule has 0 saturated carbocycles. The van der Waals surface area contributed by atoms with Crippen LogP contribution in [0, 0.1) is 0 Å². The number of rotatable bonds is 1. The van der Waals surface area contributed by atoms with Gasteiger partial charge in [-0.25, -0.2) is 0 Å². The van der Waals surface area contributed by atoms with E-state index in [-0.39, 0.29) is 11.3 Å². The van der Waals surface area contributed by atoms with Crippen molar-refractivity contribution in [2.24, 2.45) is 0 Å². The van der Waals surface area contributed by atoms with Gasteiger partial charge in [0.05, 0.1) is 5.56 Å². The Morgan fingerprint density at radius 1 is 0.920 bits per heavy atom. The Kier molecular flexibility index (Phi) is 3.39. The maximum atomic E-state index is 13.5. The van der Waals surface area contributed by atoms with E-state index in [0.29, 0.717) is 10.8 Å². The molecule has 0 saturated heterocycles. The third-order valence-electron chi connectivity index (χ3n) is 4.57. The Bertz CT molecular complexity index is 974. The van der Waals surface area contributed by atoms with Gasteiger partial charge in [0.1, 0.15) is 11.4 Å². The van der Waals surface area contributed by atoms with Gasteiger partial charge in [-0.15, -0.1) is 0 Å². The fraction of sp³-hybridized carbons (Fsp3) is 0.143. The maximum absolute atomic E-state index is 13.5. The summed E-state index contributed by atoms with van der Waals surface area (Å²) in [4.78, 5) is 0. The van der Waals surface area contributed by atoms with Gasteiger partial charge in [-0.1, -0.05) is 60.7 Å². The summed E-state index contributed by atoms with van der Waals surface area (Å²) in [6, 6.07) is 17.7. The van der Waals surface area contributed by atoms with Crippen molar-refractivity contribution >= 4 is 16.8 Å². The standard InChI is InChI=1S/C21H15F3O/c1-20(15-8-3-2-4-9-15)12-11-17-18(21(22,23)24)13-14-7-5-6-10-16(14)19(17)25-20/h2-13H,1H3. The predicted octanol–water partition coefficient (Wildman–Crippen LogP) is 6.18. The Morgan fingerprint density at radius 2 is 1.60 bits per heavy atom. The SMILES string of the molecule is CC1(c2ccccc2)C=Cc2c(C(F)(F)F)cc3ccccc3c2O1. The van der Waals surface area contributed by atoms with E-state index in [9.17, 15) is 13.2 Å². The van der Waals surface area contributed by atoms with Crippen LogP contribution in [-0.4, -0.2) is 0 Å². The van der Waals surface area contributed by atoms with E-state index in [1.54, 1.807) is 30.3 Å². The molecule has 0 N–H and O–H groups in total. The molecule has 25 heavy (non-hydrogen) atoms. The average Bonchev–Trinajstić information content (AvgIpc) is 2.61. The second-order valence-corrected chi connectivity index (χ2v) is 6.29. The first kappa shape index (κ1) is 15.8. The first-order valence-corrected chi connectivity index (χ1v) is 7.95. The molecule has 4 heteroatoms. The Morgan fingerprint density at radius 3 is 2.32 bits per heavy atom. The molecule has 0 radical (unpaired) electrons. The van der Waals surface area contributed by atoms with Crippen LogP contribution in [0.3, 0.4) is 0 Å². The zero-order valence-corrected chi connectivity index (χ0v) is 13.5. The van der Waals surface area contributed by atoms with Crippen molar-refractivity contribution in [2.75, 3.05) is 0 Å². The van der Waals surface area contributed by atoms with Crippen molar-refractivity contribution < 1.29 is 17.9 Å². The van der Waals surface area contributed by atoms with Gasteiger partial charge < -0.3 is 4.74 Å². The largest absolute Gasteiger partial charge is 0.477 e. The van der Waals surface area contributed by atoms with Crippen LogP contribution in [0.5, 0.6) is 5.75 Å². The lowest BCUT2D eigenvalue weighted by molar-refractivity contribution is -0.137. The number of halogens is 3. The molecular formula is C21H15F3O. The molecule has 0 fully saturated rings. The highest BCUT2D eigenvalue weighted by Gasteiger charge is 2.38. The third kappa shape index (κ3) is 2.58. The number of hydrogen-bond donors (Lipinski definition) is 0. The average molecular weight is 340 g/mol. The zero-order valence-electron chi connectivity index (χ0n) is 13.5. The van der Waals surface area contributed by atoms with E-state index < -0.39 is 17.3 Å². The quantitative estimate of drug-likeness (QED) is 0.514. The predicted molar refractivity (Wildman–Crippen MR) is 92.4 cm³/mol. The molecule has 0 bridgehead atoms. The molecule has 0 aromatic heterocycles. The van der Waals surface area contributed by atoms with Gasteiger partial charge in [0.2, 0.25) is 0 Å². The number of ether oxygens (including phenoxy) is 1. The molecule has 1 heterocycles. The van der Waals surface area contributed by atoms with Gasteiger partial charge in [-0.05, 0) is 30.0 Å². The molecule has 1 aliphatic rings. The van der Waals surface area contributed by atoms with E-state index in [2.05, 4.69) is 0 Å². The summed E-state index contributed by atoms with van der Waals surface area (Å²) in [7, 11) is 0. The van der Waals surface area contributed by atoms with Crippen LogP contribution in [0.25, 0.3) is 16.8 Å². The number of benzene rings is 3. The molecule has 1 aliphatic heterocycles. The second-order valence-electron chi connectivity index (χ2n) is 6.29. The van der Waals surface area contributed by atoms with Crippen molar-refractivity contribution in [1.29, 1.82) is 0 Å².